The maximum absolute atomic E-state index is 9.92. The van der Waals surface area contributed by atoms with Crippen LogP contribution >= 0.6 is 0 Å². The van der Waals surface area contributed by atoms with Gasteiger partial charge in [0.15, 0.2) is 0 Å². The number of nitrogens with zero attached hydrogens (tertiary/aromatic N) is 3. The zero-order chi connectivity index (χ0) is 14.4. The quantitative estimate of drug-likeness (QED) is 0.560. The van der Waals surface area contributed by atoms with E-state index < -0.39 is 0 Å². The van der Waals surface area contributed by atoms with Crippen molar-refractivity contribution in [3.63, 3.8) is 0 Å². The van der Waals surface area contributed by atoms with Gasteiger partial charge in [-0.2, -0.15) is 5.10 Å². The fraction of sp³-hybridized carbons (Fsp3) is 0.214. The molecule has 6 nitrogen and oxygen atoms in total. The van der Waals surface area contributed by atoms with Crippen LogP contribution in [0.25, 0.3) is 0 Å². The minimum Gasteiger partial charge on any atom is -0.505 e. The van der Waals surface area contributed by atoms with Crippen LogP contribution in [0.3, 0.4) is 0 Å². The molecule has 0 bridgehead atoms. The van der Waals surface area contributed by atoms with Gasteiger partial charge >= 0.3 is 0 Å². The molecule has 0 amide bonds. The van der Waals surface area contributed by atoms with E-state index in [0.29, 0.717) is 23.4 Å². The summed E-state index contributed by atoms with van der Waals surface area (Å²) in [5, 5.41) is 23.2. The smallest absolute Gasteiger partial charge is 0.145 e. The average Bonchev–Trinajstić information content (AvgIpc) is 2.49. The Morgan fingerprint density at radius 1 is 1.35 bits per heavy atom. The van der Waals surface area contributed by atoms with Gasteiger partial charge in [0.1, 0.15) is 5.75 Å². The Balaban J connectivity index is 2.06. The third-order valence-corrected chi connectivity index (χ3v) is 2.85. The molecule has 0 spiro atoms. The molecule has 2 heterocycles. The highest BCUT2D eigenvalue weighted by Gasteiger charge is 2.08. The first kappa shape index (κ1) is 14.0. The fourth-order valence-electron chi connectivity index (χ4n) is 1.67. The Labute approximate surface area is 116 Å². The average molecular weight is 272 g/mol. The third-order valence-electron chi connectivity index (χ3n) is 2.85. The van der Waals surface area contributed by atoms with Gasteiger partial charge in [0.2, 0.25) is 0 Å². The second kappa shape index (κ2) is 6.63. The minimum absolute atomic E-state index is 0.0333. The number of nitrogens with one attached hydrogen (secondary N) is 1. The number of hydrogen-bond donors (Lipinski definition) is 3. The van der Waals surface area contributed by atoms with E-state index in [9.17, 15) is 10.2 Å². The first-order chi connectivity index (χ1) is 9.72. The predicted octanol–water partition coefficient (Wildman–Crippen LogP) is 1.11. The molecule has 0 fully saturated rings. The van der Waals surface area contributed by atoms with Crippen molar-refractivity contribution in [3.05, 3.63) is 53.1 Å². The second-order valence-corrected chi connectivity index (χ2v) is 4.24. The largest absolute Gasteiger partial charge is 0.505 e. The molecule has 2 rings (SSSR count). The molecule has 0 saturated carbocycles. The summed E-state index contributed by atoms with van der Waals surface area (Å²) in [7, 11) is 0. The number of hydrogen-bond acceptors (Lipinski definition) is 6. The van der Waals surface area contributed by atoms with Gasteiger partial charge in [-0.15, -0.1) is 0 Å². The highest BCUT2D eigenvalue weighted by atomic mass is 16.3. The number of aromatic hydroxyl groups is 1. The van der Waals surface area contributed by atoms with E-state index in [1.807, 2.05) is 12.1 Å². The van der Waals surface area contributed by atoms with E-state index in [1.54, 1.807) is 19.3 Å². The fourth-order valence-corrected chi connectivity index (χ4v) is 1.67. The lowest BCUT2D eigenvalue weighted by molar-refractivity contribution is 0.280. The first-order valence-electron chi connectivity index (χ1n) is 6.15. The molecular formula is C14H16N4O2. The van der Waals surface area contributed by atoms with E-state index in [-0.39, 0.29) is 12.4 Å². The molecule has 0 aromatic carbocycles. The van der Waals surface area contributed by atoms with Gasteiger partial charge in [-0.1, -0.05) is 0 Å². The number of rotatable bonds is 5. The van der Waals surface area contributed by atoms with Crippen LogP contribution < -0.4 is 5.43 Å². The van der Waals surface area contributed by atoms with Gasteiger partial charge < -0.3 is 15.6 Å². The topological polar surface area (TPSA) is 90.6 Å². The van der Waals surface area contributed by atoms with Gasteiger partial charge in [-0.05, 0) is 24.6 Å². The highest BCUT2D eigenvalue weighted by Crippen LogP contribution is 2.21. The molecular weight excluding hydrogens is 256 g/mol. The van der Waals surface area contributed by atoms with Gasteiger partial charge in [0, 0.05) is 29.7 Å². The van der Waals surface area contributed by atoms with Crippen molar-refractivity contribution in [2.45, 2.75) is 20.1 Å². The van der Waals surface area contributed by atoms with Crippen molar-refractivity contribution < 1.29 is 10.2 Å². The SMILES string of the molecule is Cc1ncc(CO)c(C=NNCc2ccncc2)c1O. The molecule has 3 N–H and O–H groups in total. The van der Waals surface area contributed by atoms with Crippen LogP contribution in [0.4, 0.5) is 0 Å². The van der Waals surface area contributed by atoms with Gasteiger partial charge in [-0.25, -0.2) is 0 Å². The minimum atomic E-state index is -0.202. The van der Waals surface area contributed by atoms with Crippen LogP contribution in [0.15, 0.2) is 35.8 Å². The zero-order valence-corrected chi connectivity index (χ0v) is 11.1. The summed E-state index contributed by atoms with van der Waals surface area (Å²) in [4.78, 5) is 7.92. The summed E-state index contributed by atoms with van der Waals surface area (Å²) < 4.78 is 0. The Bertz CT molecular complexity index is 600. The maximum Gasteiger partial charge on any atom is 0.145 e. The number of hydrazone groups is 1. The molecule has 0 radical (unpaired) electrons. The standard InChI is InChI=1S/C14H16N4O2/c1-10-14(20)13(12(9-19)7-16-10)8-18-17-6-11-2-4-15-5-3-11/h2-5,7-8,17,19-20H,6,9H2,1H3. The lowest BCUT2D eigenvalue weighted by Gasteiger charge is -2.07. The van der Waals surface area contributed by atoms with E-state index in [2.05, 4.69) is 20.5 Å². The lowest BCUT2D eigenvalue weighted by atomic mass is 10.1. The molecule has 0 aliphatic carbocycles. The number of pyridine rings is 2. The van der Waals surface area contributed by atoms with Crippen molar-refractivity contribution in [1.82, 2.24) is 15.4 Å². The predicted molar refractivity (Wildman–Crippen MR) is 75.2 cm³/mol. The molecule has 6 heteroatoms. The maximum atomic E-state index is 9.92. The van der Waals surface area contributed by atoms with Gasteiger partial charge in [-0.3, -0.25) is 9.97 Å². The van der Waals surface area contributed by atoms with Crippen molar-refractivity contribution in [2.24, 2.45) is 5.10 Å². The Hall–Kier alpha value is -2.47. The summed E-state index contributed by atoms with van der Waals surface area (Å²) in [5.74, 6) is 0.0333. The zero-order valence-electron chi connectivity index (χ0n) is 11.1. The number of aryl methyl sites for hydroxylation is 1. The van der Waals surface area contributed by atoms with Crippen LogP contribution in [0.5, 0.6) is 5.75 Å². The molecule has 0 aliphatic heterocycles. The lowest BCUT2D eigenvalue weighted by Crippen LogP contribution is -2.06. The summed E-state index contributed by atoms with van der Waals surface area (Å²) in [6.45, 7) is 2.04. The molecule has 0 saturated heterocycles. The monoisotopic (exact) mass is 272 g/mol. The third kappa shape index (κ3) is 3.30. The number of aromatic nitrogens is 2. The van der Waals surface area contributed by atoms with Crippen molar-refractivity contribution in [2.75, 3.05) is 0 Å². The molecule has 2 aromatic rings. The first-order valence-corrected chi connectivity index (χ1v) is 6.15. The second-order valence-electron chi connectivity index (χ2n) is 4.24. The van der Waals surface area contributed by atoms with Crippen molar-refractivity contribution in [3.8, 4) is 5.75 Å². The Kier molecular flexibility index (Phi) is 4.62. The number of aliphatic hydroxyl groups excluding tert-OH is 1. The Morgan fingerprint density at radius 3 is 2.80 bits per heavy atom. The van der Waals surface area contributed by atoms with E-state index in [4.69, 9.17) is 0 Å². The van der Waals surface area contributed by atoms with Crippen LogP contribution in [0.2, 0.25) is 0 Å². The van der Waals surface area contributed by atoms with Crippen LogP contribution in [-0.2, 0) is 13.2 Å². The van der Waals surface area contributed by atoms with E-state index >= 15 is 0 Å². The summed E-state index contributed by atoms with van der Waals surface area (Å²) >= 11 is 0. The molecule has 0 aliphatic rings. The summed E-state index contributed by atoms with van der Waals surface area (Å²) in [5.41, 5.74) is 5.43. The van der Waals surface area contributed by atoms with Crippen molar-refractivity contribution >= 4 is 6.21 Å². The van der Waals surface area contributed by atoms with E-state index in [0.717, 1.165) is 5.56 Å². The van der Waals surface area contributed by atoms with Crippen LogP contribution in [0, 0.1) is 6.92 Å². The number of aliphatic hydroxyl groups is 1. The molecule has 104 valence electrons. The van der Waals surface area contributed by atoms with Gasteiger partial charge in [0.05, 0.1) is 25.1 Å². The van der Waals surface area contributed by atoms with Gasteiger partial charge in [0.25, 0.3) is 0 Å². The normalized spacial score (nSPS) is 10.9. The van der Waals surface area contributed by atoms with Crippen LogP contribution in [-0.4, -0.2) is 26.4 Å². The summed E-state index contributed by atoms with van der Waals surface area (Å²) in [6.07, 6.45) is 6.43. The van der Waals surface area contributed by atoms with Crippen LogP contribution in [0.1, 0.15) is 22.4 Å². The Morgan fingerprint density at radius 2 is 2.10 bits per heavy atom. The van der Waals surface area contributed by atoms with Crippen molar-refractivity contribution in [1.29, 1.82) is 0 Å². The van der Waals surface area contributed by atoms with E-state index in [1.165, 1.54) is 12.4 Å². The molecule has 2 aromatic heterocycles. The molecule has 20 heavy (non-hydrogen) atoms. The molecule has 0 atom stereocenters. The molecule has 0 unspecified atom stereocenters. The summed E-state index contributed by atoms with van der Waals surface area (Å²) in [6, 6.07) is 3.77. The highest BCUT2D eigenvalue weighted by molar-refractivity contribution is 5.85.